The molecule has 12 heavy (non-hydrogen) atoms. The number of hydrogen-bond acceptors (Lipinski definition) is 3. The van der Waals surface area contributed by atoms with Gasteiger partial charge in [-0.25, -0.2) is 9.37 Å². The van der Waals surface area contributed by atoms with E-state index in [0.717, 1.165) is 0 Å². The van der Waals surface area contributed by atoms with Crippen LogP contribution in [0.3, 0.4) is 0 Å². The van der Waals surface area contributed by atoms with E-state index in [-0.39, 0.29) is 0 Å². The lowest BCUT2D eigenvalue weighted by Gasteiger charge is -2.01. The number of rotatable bonds is 1. The van der Waals surface area contributed by atoms with Crippen LogP contribution in [-0.2, 0) is 0 Å². The molecule has 1 aromatic heterocycles. The normalized spacial score (nSPS) is 9.83. The Bertz CT molecular complexity index is 343. The SMILES string of the molecule is NC(=O)c1c(F)cnc(O)c1Cl. The monoisotopic (exact) mass is 190 g/mol. The van der Waals surface area contributed by atoms with Gasteiger partial charge in [-0.2, -0.15) is 0 Å². The summed E-state index contributed by atoms with van der Waals surface area (Å²) in [5.41, 5.74) is 4.23. The van der Waals surface area contributed by atoms with E-state index < -0.39 is 28.2 Å². The minimum absolute atomic E-state index is 0.470. The summed E-state index contributed by atoms with van der Waals surface area (Å²) in [6.45, 7) is 0. The molecule has 0 radical (unpaired) electrons. The molecule has 0 saturated heterocycles. The summed E-state index contributed by atoms with van der Waals surface area (Å²) >= 11 is 5.34. The molecule has 3 N–H and O–H groups in total. The van der Waals surface area contributed by atoms with Crippen molar-refractivity contribution in [2.45, 2.75) is 0 Å². The topological polar surface area (TPSA) is 76.2 Å². The van der Waals surface area contributed by atoms with Crippen LogP contribution in [-0.4, -0.2) is 16.0 Å². The molecule has 0 fully saturated rings. The maximum absolute atomic E-state index is 12.7. The first-order chi connectivity index (χ1) is 5.54. The van der Waals surface area contributed by atoms with Gasteiger partial charge in [0.1, 0.15) is 10.6 Å². The standard InChI is InChI=1S/C6H4ClFN2O2/c7-4-3(5(9)11)2(8)1-10-6(4)12/h1H,(H2,9,11)(H,10,12). The molecule has 1 amide bonds. The molecule has 1 aromatic rings. The van der Waals surface area contributed by atoms with E-state index in [1.807, 2.05) is 0 Å². The molecule has 0 spiro atoms. The number of primary amides is 1. The van der Waals surface area contributed by atoms with Gasteiger partial charge in [-0.1, -0.05) is 11.6 Å². The zero-order valence-corrected chi connectivity index (χ0v) is 6.47. The molecular weight excluding hydrogens is 187 g/mol. The Kier molecular flexibility index (Phi) is 2.14. The maximum Gasteiger partial charge on any atom is 0.253 e. The molecule has 0 aliphatic carbocycles. The summed E-state index contributed by atoms with van der Waals surface area (Å²) in [5.74, 6) is -2.62. The van der Waals surface area contributed by atoms with Crippen molar-refractivity contribution in [3.8, 4) is 5.88 Å². The molecular formula is C6H4ClFN2O2. The van der Waals surface area contributed by atoms with Crippen LogP contribution in [0, 0.1) is 5.82 Å². The van der Waals surface area contributed by atoms with Crippen LogP contribution in [0.5, 0.6) is 5.88 Å². The minimum Gasteiger partial charge on any atom is -0.492 e. The number of aromatic nitrogens is 1. The van der Waals surface area contributed by atoms with Gasteiger partial charge in [-0.3, -0.25) is 4.79 Å². The van der Waals surface area contributed by atoms with Gasteiger partial charge >= 0.3 is 0 Å². The first-order valence-corrected chi connectivity index (χ1v) is 3.24. The summed E-state index contributed by atoms with van der Waals surface area (Å²) in [4.78, 5) is 13.7. The molecule has 1 rings (SSSR count). The number of carbonyl (C=O) groups excluding carboxylic acids is 1. The third-order valence-electron chi connectivity index (χ3n) is 1.20. The highest BCUT2D eigenvalue weighted by Crippen LogP contribution is 2.25. The Morgan fingerprint density at radius 2 is 2.33 bits per heavy atom. The highest BCUT2D eigenvalue weighted by molar-refractivity contribution is 6.34. The predicted molar refractivity (Wildman–Crippen MR) is 39.4 cm³/mol. The summed E-state index contributed by atoms with van der Waals surface area (Å²) in [6.07, 6.45) is 0.668. The number of amides is 1. The van der Waals surface area contributed by atoms with Crippen LogP contribution in [0.25, 0.3) is 0 Å². The van der Waals surface area contributed by atoms with Crippen LogP contribution < -0.4 is 5.73 Å². The van der Waals surface area contributed by atoms with Crippen molar-refractivity contribution in [3.63, 3.8) is 0 Å². The molecule has 1 heterocycles. The van der Waals surface area contributed by atoms with E-state index in [4.69, 9.17) is 22.4 Å². The summed E-state index contributed by atoms with van der Waals surface area (Å²) in [5, 5.41) is 8.39. The zero-order chi connectivity index (χ0) is 9.30. The van der Waals surface area contributed by atoms with Crippen LogP contribution in [0.2, 0.25) is 5.02 Å². The number of nitrogens with zero attached hydrogens (tertiary/aromatic N) is 1. The lowest BCUT2D eigenvalue weighted by molar-refractivity contribution is 0.0996. The van der Waals surface area contributed by atoms with Crippen molar-refractivity contribution in [1.82, 2.24) is 4.98 Å². The van der Waals surface area contributed by atoms with Crippen LogP contribution in [0.1, 0.15) is 10.4 Å². The van der Waals surface area contributed by atoms with E-state index in [0.29, 0.717) is 6.20 Å². The molecule has 4 nitrogen and oxygen atoms in total. The van der Waals surface area contributed by atoms with Gasteiger partial charge in [0.05, 0.1) is 6.20 Å². The Labute approximate surface area is 71.8 Å². The van der Waals surface area contributed by atoms with Gasteiger partial charge in [-0.05, 0) is 0 Å². The molecule has 0 unspecified atom stereocenters. The molecule has 6 heteroatoms. The first kappa shape index (κ1) is 8.73. The Balaban J connectivity index is 3.43. The number of hydrogen-bond donors (Lipinski definition) is 2. The van der Waals surface area contributed by atoms with Gasteiger partial charge in [0.2, 0.25) is 5.88 Å². The Morgan fingerprint density at radius 3 is 2.75 bits per heavy atom. The maximum atomic E-state index is 12.7. The highest BCUT2D eigenvalue weighted by Gasteiger charge is 2.16. The molecule has 0 bridgehead atoms. The lowest BCUT2D eigenvalue weighted by atomic mass is 10.2. The van der Waals surface area contributed by atoms with E-state index in [1.165, 1.54) is 0 Å². The molecule has 0 saturated carbocycles. The number of pyridine rings is 1. The smallest absolute Gasteiger partial charge is 0.253 e. The number of aromatic hydroxyl groups is 1. The zero-order valence-electron chi connectivity index (χ0n) is 5.71. The second-order valence-electron chi connectivity index (χ2n) is 1.98. The Morgan fingerprint density at radius 1 is 1.75 bits per heavy atom. The fraction of sp³-hybridized carbons (Fsp3) is 0. The van der Waals surface area contributed by atoms with E-state index >= 15 is 0 Å². The van der Waals surface area contributed by atoms with Gasteiger partial charge < -0.3 is 10.8 Å². The van der Waals surface area contributed by atoms with Gasteiger partial charge in [0.25, 0.3) is 5.91 Å². The van der Waals surface area contributed by atoms with Crippen molar-refractivity contribution in [2.75, 3.05) is 0 Å². The first-order valence-electron chi connectivity index (χ1n) is 2.86. The quantitative estimate of drug-likeness (QED) is 0.684. The predicted octanol–water partition coefficient (Wildman–Crippen LogP) is 0.679. The van der Waals surface area contributed by atoms with Crippen molar-refractivity contribution in [3.05, 3.63) is 22.6 Å². The summed E-state index contributed by atoms with van der Waals surface area (Å²) < 4.78 is 12.7. The molecule has 0 atom stereocenters. The van der Waals surface area contributed by atoms with Crippen LogP contribution in [0.4, 0.5) is 4.39 Å². The van der Waals surface area contributed by atoms with E-state index in [9.17, 15) is 9.18 Å². The number of nitrogens with two attached hydrogens (primary N) is 1. The summed E-state index contributed by atoms with van der Waals surface area (Å²) in [7, 11) is 0. The van der Waals surface area contributed by atoms with Gasteiger partial charge in [0.15, 0.2) is 5.82 Å². The number of halogens is 2. The fourth-order valence-corrected chi connectivity index (χ4v) is 0.914. The number of carbonyl (C=O) groups is 1. The van der Waals surface area contributed by atoms with E-state index in [1.54, 1.807) is 0 Å². The van der Waals surface area contributed by atoms with Crippen LogP contribution >= 0.6 is 11.6 Å². The van der Waals surface area contributed by atoms with Crippen molar-refractivity contribution in [1.29, 1.82) is 0 Å². The van der Waals surface area contributed by atoms with Crippen molar-refractivity contribution >= 4 is 17.5 Å². The summed E-state index contributed by atoms with van der Waals surface area (Å²) in [6, 6.07) is 0. The third-order valence-corrected chi connectivity index (χ3v) is 1.56. The Hall–Kier alpha value is -1.36. The second kappa shape index (κ2) is 2.94. The van der Waals surface area contributed by atoms with E-state index in [2.05, 4.69) is 4.98 Å². The van der Waals surface area contributed by atoms with Crippen molar-refractivity contribution < 1.29 is 14.3 Å². The molecule has 0 aliphatic rings. The van der Waals surface area contributed by atoms with Gasteiger partial charge in [0, 0.05) is 0 Å². The average Bonchev–Trinajstić information content (AvgIpc) is 1.97. The largest absolute Gasteiger partial charge is 0.492 e. The average molecular weight is 191 g/mol. The minimum atomic E-state index is -1.05. The van der Waals surface area contributed by atoms with Crippen LogP contribution in [0.15, 0.2) is 6.20 Å². The fourth-order valence-electron chi connectivity index (χ4n) is 0.682. The highest BCUT2D eigenvalue weighted by atomic mass is 35.5. The lowest BCUT2D eigenvalue weighted by Crippen LogP contribution is -2.14. The molecule has 0 aliphatic heterocycles. The molecule has 0 aromatic carbocycles. The second-order valence-corrected chi connectivity index (χ2v) is 2.36. The molecule has 64 valence electrons. The third kappa shape index (κ3) is 1.31. The van der Waals surface area contributed by atoms with Crippen molar-refractivity contribution in [2.24, 2.45) is 5.73 Å². The van der Waals surface area contributed by atoms with Gasteiger partial charge in [-0.15, -0.1) is 0 Å².